The smallest absolute Gasteiger partial charge is 0.258 e. The molecule has 2 aromatic rings. The van der Waals surface area contributed by atoms with Gasteiger partial charge in [-0.2, -0.15) is 0 Å². The van der Waals surface area contributed by atoms with E-state index in [1.807, 2.05) is 32.0 Å². The summed E-state index contributed by atoms with van der Waals surface area (Å²) in [7, 11) is 1.61. The van der Waals surface area contributed by atoms with E-state index in [9.17, 15) is 4.79 Å². The van der Waals surface area contributed by atoms with Crippen molar-refractivity contribution in [1.82, 2.24) is 5.32 Å². The fraction of sp³-hybridized carbons (Fsp3) is 0.350. The first-order valence-electron chi connectivity index (χ1n) is 8.51. The zero-order valence-electron chi connectivity index (χ0n) is 15.3. The van der Waals surface area contributed by atoms with Gasteiger partial charge in [-0.3, -0.25) is 4.79 Å². The maximum atomic E-state index is 12.4. The summed E-state index contributed by atoms with van der Waals surface area (Å²) in [5.74, 6) is 1.58. The zero-order valence-corrected chi connectivity index (χ0v) is 16.9. The SMILES string of the molecule is COc1ccc2c(c1)OC(C)(C)C[C@@H]2NC(=O)COc1ccc(Cl)cc1Cl. The molecule has 1 atom stereocenters. The number of carbonyl (C=O) groups excluding carboxylic acids is 1. The van der Waals surface area contributed by atoms with Crippen LogP contribution in [0.2, 0.25) is 10.0 Å². The average molecular weight is 410 g/mol. The van der Waals surface area contributed by atoms with E-state index in [1.54, 1.807) is 25.3 Å². The molecule has 1 aliphatic rings. The van der Waals surface area contributed by atoms with Gasteiger partial charge in [-0.1, -0.05) is 23.2 Å². The van der Waals surface area contributed by atoms with Crippen molar-refractivity contribution in [3.8, 4) is 17.2 Å². The van der Waals surface area contributed by atoms with Crippen LogP contribution < -0.4 is 19.5 Å². The number of hydrogen-bond acceptors (Lipinski definition) is 4. The summed E-state index contributed by atoms with van der Waals surface area (Å²) in [6, 6.07) is 10.3. The number of rotatable bonds is 5. The van der Waals surface area contributed by atoms with Crippen molar-refractivity contribution in [2.75, 3.05) is 13.7 Å². The number of methoxy groups -OCH3 is 1. The number of fused-ring (bicyclic) bond motifs is 1. The minimum Gasteiger partial charge on any atom is -0.497 e. The summed E-state index contributed by atoms with van der Waals surface area (Å²) in [5, 5.41) is 3.88. The van der Waals surface area contributed by atoms with Gasteiger partial charge in [0.25, 0.3) is 5.91 Å². The molecule has 1 N–H and O–H groups in total. The summed E-state index contributed by atoms with van der Waals surface area (Å²) in [6.45, 7) is 3.82. The van der Waals surface area contributed by atoms with Crippen LogP contribution in [0.3, 0.4) is 0 Å². The number of amides is 1. The molecule has 0 saturated heterocycles. The van der Waals surface area contributed by atoms with Crippen LogP contribution in [-0.2, 0) is 4.79 Å². The fourth-order valence-corrected chi connectivity index (χ4v) is 3.52. The molecule has 3 rings (SSSR count). The Morgan fingerprint density at radius 2 is 2.04 bits per heavy atom. The van der Waals surface area contributed by atoms with E-state index in [1.165, 1.54) is 0 Å². The lowest BCUT2D eigenvalue weighted by molar-refractivity contribution is -0.124. The predicted octanol–water partition coefficient (Wildman–Crippen LogP) is 4.80. The second kappa shape index (κ2) is 7.87. The van der Waals surface area contributed by atoms with Crippen LogP contribution in [0.25, 0.3) is 0 Å². The van der Waals surface area contributed by atoms with Crippen LogP contribution in [0.1, 0.15) is 31.9 Å². The quantitative estimate of drug-likeness (QED) is 0.770. The summed E-state index contributed by atoms with van der Waals surface area (Å²) in [5.41, 5.74) is 0.491. The largest absolute Gasteiger partial charge is 0.497 e. The Hall–Kier alpha value is -2.11. The Labute approximate surface area is 168 Å². The van der Waals surface area contributed by atoms with E-state index in [2.05, 4.69) is 5.32 Å². The molecule has 0 fully saturated rings. The lowest BCUT2D eigenvalue weighted by Crippen LogP contribution is -2.42. The van der Waals surface area contributed by atoms with Crippen LogP contribution >= 0.6 is 23.2 Å². The summed E-state index contributed by atoms with van der Waals surface area (Å²) in [6.07, 6.45) is 0.639. The standard InChI is InChI=1S/C20H21Cl2NO4/c1-20(2)10-16(14-6-5-13(25-3)9-18(14)27-20)23-19(24)11-26-17-7-4-12(21)8-15(17)22/h4-9,16H,10-11H2,1-3H3,(H,23,24)/t16-/m0/s1. The molecule has 0 aliphatic carbocycles. The normalized spacial score (nSPS) is 17.4. The second-order valence-electron chi connectivity index (χ2n) is 6.95. The van der Waals surface area contributed by atoms with E-state index in [-0.39, 0.29) is 18.6 Å². The first kappa shape index (κ1) is 19.6. The highest BCUT2D eigenvalue weighted by molar-refractivity contribution is 6.35. The number of benzene rings is 2. The molecule has 144 valence electrons. The van der Waals surface area contributed by atoms with E-state index < -0.39 is 5.60 Å². The fourth-order valence-electron chi connectivity index (χ4n) is 3.06. The van der Waals surface area contributed by atoms with Crippen molar-refractivity contribution >= 4 is 29.1 Å². The number of hydrogen-bond donors (Lipinski definition) is 1. The number of ether oxygens (including phenoxy) is 3. The third-order valence-corrected chi connectivity index (χ3v) is 4.80. The van der Waals surface area contributed by atoms with Gasteiger partial charge in [-0.05, 0) is 44.2 Å². The second-order valence-corrected chi connectivity index (χ2v) is 7.80. The summed E-state index contributed by atoms with van der Waals surface area (Å²) >= 11 is 11.9. The lowest BCUT2D eigenvalue weighted by Gasteiger charge is -2.38. The Kier molecular flexibility index (Phi) is 5.72. The minimum atomic E-state index is -0.419. The van der Waals surface area contributed by atoms with Gasteiger partial charge >= 0.3 is 0 Å². The number of nitrogens with one attached hydrogen (secondary N) is 1. The van der Waals surface area contributed by atoms with Gasteiger partial charge in [0.15, 0.2) is 6.61 Å². The van der Waals surface area contributed by atoms with Gasteiger partial charge < -0.3 is 19.5 Å². The highest BCUT2D eigenvalue weighted by atomic mass is 35.5. The zero-order chi connectivity index (χ0) is 19.6. The van der Waals surface area contributed by atoms with Crippen LogP contribution in [0.5, 0.6) is 17.2 Å². The van der Waals surface area contributed by atoms with Gasteiger partial charge in [0.1, 0.15) is 22.8 Å². The van der Waals surface area contributed by atoms with Crippen LogP contribution in [0.15, 0.2) is 36.4 Å². The topological polar surface area (TPSA) is 56.8 Å². The van der Waals surface area contributed by atoms with E-state index in [0.29, 0.717) is 33.7 Å². The van der Waals surface area contributed by atoms with Crippen LogP contribution in [-0.4, -0.2) is 25.2 Å². The van der Waals surface area contributed by atoms with Crippen LogP contribution in [0, 0.1) is 0 Å². The molecule has 0 spiro atoms. The molecule has 1 heterocycles. The minimum absolute atomic E-state index is 0.148. The first-order valence-corrected chi connectivity index (χ1v) is 9.27. The van der Waals surface area contributed by atoms with Gasteiger partial charge in [0.2, 0.25) is 0 Å². The summed E-state index contributed by atoms with van der Waals surface area (Å²) in [4.78, 5) is 12.4. The molecule has 5 nitrogen and oxygen atoms in total. The average Bonchev–Trinajstić information content (AvgIpc) is 2.59. The molecule has 2 aromatic carbocycles. The Morgan fingerprint density at radius 3 is 2.74 bits per heavy atom. The Bertz CT molecular complexity index is 854. The maximum Gasteiger partial charge on any atom is 0.258 e. The van der Waals surface area contributed by atoms with Crippen molar-refractivity contribution in [1.29, 1.82) is 0 Å². The van der Waals surface area contributed by atoms with Gasteiger partial charge in [-0.25, -0.2) is 0 Å². The summed E-state index contributed by atoms with van der Waals surface area (Å²) < 4.78 is 16.8. The molecule has 1 aliphatic heterocycles. The predicted molar refractivity (Wildman–Crippen MR) is 105 cm³/mol. The molecule has 7 heteroatoms. The molecule has 0 bridgehead atoms. The number of halogens is 2. The molecule has 0 unspecified atom stereocenters. The monoisotopic (exact) mass is 409 g/mol. The van der Waals surface area contributed by atoms with Gasteiger partial charge in [0, 0.05) is 23.1 Å². The first-order chi connectivity index (χ1) is 12.8. The molecule has 0 aromatic heterocycles. The number of carbonyl (C=O) groups is 1. The highest BCUT2D eigenvalue weighted by Crippen LogP contribution is 2.41. The van der Waals surface area contributed by atoms with E-state index in [0.717, 1.165) is 5.56 Å². The van der Waals surface area contributed by atoms with Crippen molar-refractivity contribution in [2.45, 2.75) is 31.9 Å². The Morgan fingerprint density at radius 1 is 1.26 bits per heavy atom. The van der Waals surface area contributed by atoms with Crippen molar-refractivity contribution in [3.05, 3.63) is 52.0 Å². The third kappa shape index (κ3) is 4.79. The molecule has 27 heavy (non-hydrogen) atoms. The van der Waals surface area contributed by atoms with Crippen molar-refractivity contribution in [3.63, 3.8) is 0 Å². The van der Waals surface area contributed by atoms with Gasteiger partial charge in [0.05, 0.1) is 18.2 Å². The molecule has 1 amide bonds. The Balaban J connectivity index is 1.70. The third-order valence-electron chi connectivity index (χ3n) is 4.27. The van der Waals surface area contributed by atoms with Crippen molar-refractivity contribution < 1.29 is 19.0 Å². The van der Waals surface area contributed by atoms with E-state index in [4.69, 9.17) is 37.4 Å². The molecule has 0 saturated carbocycles. The molecular formula is C20H21Cl2NO4. The van der Waals surface area contributed by atoms with Gasteiger partial charge in [-0.15, -0.1) is 0 Å². The molecule has 0 radical (unpaired) electrons. The lowest BCUT2D eigenvalue weighted by atomic mass is 9.89. The maximum absolute atomic E-state index is 12.4. The van der Waals surface area contributed by atoms with E-state index >= 15 is 0 Å². The highest BCUT2D eigenvalue weighted by Gasteiger charge is 2.34. The molecular weight excluding hydrogens is 389 g/mol. The van der Waals surface area contributed by atoms with Crippen LogP contribution in [0.4, 0.5) is 0 Å². The van der Waals surface area contributed by atoms with Crippen molar-refractivity contribution in [2.24, 2.45) is 0 Å².